The zero-order valence-electron chi connectivity index (χ0n) is 11.6. The summed E-state index contributed by atoms with van der Waals surface area (Å²) < 4.78 is 0. The molecule has 4 nitrogen and oxygen atoms in total. The van der Waals surface area contributed by atoms with Gasteiger partial charge in [0.15, 0.2) is 0 Å². The first-order valence-corrected chi connectivity index (χ1v) is 7.21. The van der Waals surface area contributed by atoms with Gasteiger partial charge in [0.25, 0.3) is 0 Å². The van der Waals surface area contributed by atoms with Gasteiger partial charge < -0.3 is 10.2 Å². The van der Waals surface area contributed by atoms with Crippen molar-refractivity contribution in [1.82, 2.24) is 15.2 Å². The molecule has 0 aromatic carbocycles. The van der Waals surface area contributed by atoms with E-state index >= 15 is 0 Å². The standard InChI is InChI=1S/C15H21N3O.ClH/c19-15(5-4-14-3-1-2-7-17-14)18-8-6-12-9-16-10-13(12)11-18;/h1-3,7,12-13,16H,4-6,8-11H2;1H. The van der Waals surface area contributed by atoms with Crippen LogP contribution in [-0.2, 0) is 11.2 Å². The van der Waals surface area contributed by atoms with E-state index in [9.17, 15) is 4.79 Å². The van der Waals surface area contributed by atoms with Crippen molar-refractivity contribution in [1.29, 1.82) is 0 Å². The van der Waals surface area contributed by atoms with E-state index in [1.54, 1.807) is 6.20 Å². The van der Waals surface area contributed by atoms with E-state index in [-0.39, 0.29) is 18.3 Å². The number of pyridine rings is 1. The van der Waals surface area contributed by atoms with Crippen LogP contribution in [-0.4, -0.2) is 42.0 Å². The summed E-state index contributed by atoms with van der Waals surface area (Å²) in [7, 11) is 0. The number of carbonyl (C=O) groups excluding carboxylic acids is 1. The van der Waals surface area contributed by atoms with Crippen LogP contribution >= 0.6 is 12.4 Å². The van der Waals surface area contributed by atoms with Crippen LogP contribution in [0.2, 0.25) is 0 Å². The molecule has 1 N–H and O–H groups in total. The molecule has 2 fully saturated rings. The molecule has 1 aromatic heterocycles. The lowest BCUT2D eigenvalue weighted by molar-refractivity contribution is -0.133. The Kier molecular flexibility index (Phi) is 5.38. The molecule has 3 rings (SSSR count). The van der Waals surface area contributed by atoms with Crippen molar-refractivity contribution in [2.75, 3.05) is 26.2 Å². The highest BCUT2D eigenvalue weighted by molar-refractivity contribution is 5.85. The number of hydrogen-bond donors (Lipinski definition) is 1. The van der Waals surface area contributed by atoms with Gasteiger partial charge in [0.2, 0.25) is 5.91 Å². The highest BCUT2D eigenvalue weighted by Crippen LogP contribution is 2.26. The first-order chi connectivity index (χ1) is 9.33. The van der Waals surface area contributed by atoms with Crippen molar-refractivity contribution in [3.63, 3.8) is 0 Å². The number of fused-ring (bicyclic) bond motifs is 1. The maximum absolute atomic E-state index is 12.2. The maximum Gasteiger partial charge on any atom is 0.222 e. The molecule has 0 spiro atoms. The number of nitrogens with one attached hydrogen (secondary N) is 1. The van der Waals surface area contributed by atoms with E-state index in [1.807, 2.05) is 18.2 Å². The summed E-state index contributed by atoms with van der Waals surface area (Å²) in [4.78, 5) is 18.6. The van der Waals surface area contributed by atoms with Gasteiger partial charge in [-0.2, -0.15) is 0 Å². The number of likely N-dealkylation sites (tertiary alicyclic amines) is 1. The molecule has 0 radical (unpaired) electrons. The number of hydrogen-bond acceptors (Lipinski definition) is 3. The first-order valence-electron chi connectivity index (χ1n) is 7.21. The highest BCUT2D eigenvalue weighted by Gasteiger charge is 2.34. The summed E-state index contributed by atoms with van der Waals surface area (Å²) in [5.74, 6) is 1.75. The Hall–Kier alpha value is -1.13. The van der Waals surface area contributed by atoms with Crippen molar-refractivity contribution in [2.45, 2.75) is 19.3 Å². The Morgan fingerprint density at radius 2 is 2.20 bits per heavy atom. The van der Waals surface area contributed by atoms with Gasteiger partial charge in [-0.1, -0.05) is 6.07 Å². The van der Waals surface area contributed by atoms with Gasteiger partial charge >= 0.3 is 0 Å². The van der Waals surface area contributed by atoms with Crippen LogP contribution in [0.1, 0.15) is 18.5 Å². The average molecular weight is 296 g/mol. The third-order valence-corrected chi connectivity index (χ3v) is 4.38. The van der Waals surface area contributed by atoms with Crippen LogP contribution in [0.3, 0.4) is 0 Å². The molecule has 3 heterocycles. The van der Waals surface area contributed by atoms with Gasteiger partial charge in [0.1, 0.15) is 0 Å². The van der Waals surface area contributed by atoms with Gasteiger partial charge in [-0.15, -0.1) is 12.4 Å². The largest absolute Gasteiger partial charge is 0.342 e. The first kappa shape index (κ1) is 15.3. The summed E-state index contributed by atoms with van der Waals surface area (Å²) in [6, 6.07) is 5.87. The minimum absolute atomic E-state index is 0. The van der Waals surface area contributed by atoms with Crippen LogP contribution < -0.4 is 5.32 Å². The van der Waals surface area contributed by atoms with Crippen molar-refractivity contribution in [3.8, 4) is 0 Å². The van der Waals surface area contributed by atoms with Crippen molar-refractivity contribution < 1.29 is 4.79 Å². The molecule has 5 heteroatoms. The molecule has 2 atom stereocenters. The third-order valence-electron chi connectivity index (χ3n) is 4.38. The second-order valence-electron chi connectivity index (χ2n) is 5.63. The number of piperidine rings is 1. The lowest BCUT2D eigenvalue weighted by atomic mass is 9.88. The Bertz CT molecular complexity index is 440. The molecule has 0 bridgehead atoms. The monoisotopic (exact) mass is 295 g/mol. The number of aromatic nitrogens is 1. The predicted octanol–water partition coefficient (Wildman–Crippen LogP) is 1.50. The fraction of sp³-hybridized carbons (Fsp3) is 0.600. The number of carbonyl (C=O) groups is 1. The van der Waals surface area contributed by atoms with E-state index in [4.69, 9.17) is 0 Å². The molecule has 2 aliphatic heterocycles. The zero-order chi connectivity index (χ0) is 13.1. The van der Waals surface area contributed by atoms with Gasteiger partial charge in [-0.05, 0) is 49.9 Å². The molecule has 20 heavy (non-hydrogen) atoms. The Morgan fingerprint density at radius 3 is 3.00 bits per heavy atom. The molecule has 2 unspecified atom stereocenters. The summed E-state index contributed by atoms with van der Waals surface area (Å²) in [6.07, 6.45) is 4.28. The lowest BCUT2D eigenvalue weighted by Crippen LogP contribution is -2.43. The second kappa shape index (κ2) is 7.04. The van der Waals surface area contributed by atoms with Gasteiger partial charge in [-0.25, -0.2) is 0 Å². The highest BCUT2D eigenvalue weighted by atomic mass is 35.5. The summed E-state index contributed by atoms with van der Waals surface area (Å²) >= 11 is 0. The summed E-state index contributed by atoms with van der Waals surface area (Å²) in [6.45, 7) is 4.10. The number of amides is 1. The normalized spacial score (nSPS) is 24.9. The maximum atomic E-state index is 12.2. The van der Waals surface area contributed by atoms with E-state index in [1.165, 1.54) is 0 Å². The Balaban J connectivity index is 0.00000147. The van der Waals surface area contributed by atoms with Crippen LogP contribution in [0.25, 0.3) is 0 Å². The van der Waals surface area contributed by atoms with Crippen molar-refractivity contribution in [2.24, 2.45) is 11.8 Å². The van der Waals surface area contributed by atoms with E-state index in [2.05, 4.69) is 15.2 Å². The molecular weight excluding hydrogens is 274 g/mol. The SMILES string of the molecule is Cl.O=C(CCc1ccccn1)N1CCC2CNCC2C1. The number of rotatable bonds is 3. The van der Waals surface area contributed by atoms with Crippen LogP contribution in [0.4, 0.5) is 0 Å². The molecule has 110 valence electrons. The second-order valence-corrected chi connectivity index (χ2v) is 5.63. The van der Waals surface area contributed by atoms with Crippen LogP contribution in [0.5, 0.6) is 0 Å². The predicted molar refractivity (Wildman–Crippen MR) is 80.9 cm³/mol. The van der Waals surface area contributed by atoms with Crippen LogP contribution in [0, 0.1) is 11.8 Å². The summed E-state index contributed by atoms with van der Waals surface area (Å²) in [5.41, 5.74) is 1.01. The Labute approximate surface area is 126 Å². The quantitative estimate of drug-likeness (QED) is 0.919. The molecule has 2 aliphatic rings. The summed E-state index contributed by atoms with van der Waals surface area (Å²) in [5, 5.41) is 3.43. The topological polar surface area (TPSA) is 45.2 Å². The molecule has 1 amide bonds. The van der Waals surface area contributed by atoms with Crippen molar-refractivity contribution in [3.05, 3.63) is 30.1 Å². The fourth-order valence-corrected chi connectivity index (χ4v) is 3.20. The van der Waals surface area contributed by atoms with Crippen molar-refractivity contribution >= 4 is 18.3 Å². The van der Waals surface area contributed by atoms with Gasteiger partial charge in [-0.3, -0.25) is 9.78 Å². The van der Waals surface area contributed by atoms with E-state index in [0.717, 1.165) is 50.6 Å². The Morgan fingerprint density at radius 1 is 1.35 bits per heavy atom. The third kappa shape index (κ3) is 3.49. The zero-order valence-corrected chi connectivity index (χ0v) is 12.4. The van der Waals surface area contributed by atoms with E-state index < -0.39 is 0 Å². The molecular formula is C15H22ClN3O. The molecule has 1 aromatic rings. The molecule has 0 saturated carbocycles. The molecule has 0 aliphatic carbocycles. The fourth-order valence-electron chi connectivity index (χ4n) is 3.20. The van der Waals surface area contributed by atoms with E-state index in [0.29, 0.717) is 12.3 Å². The number of aryl methyl sites for hydroxylation is 1. The smallest absolute Gasteiger partial charge is 0.222 e. The van der Waals surface area contributed by atoms with Gasteiger partial charge in [0, 0.05) is 31.4 Å². The average Bonchev–Trinajstić information content (AvgIpc) is 2.93. The number of nitrogens with zero attached hydrogens (tertiary/aromatic N) is 2. The van der Waals surface area contributed by atoms with Gasteiger partial charge in [0.05, 0.1) is 0 Å². The minimum Gasteiger partial charge on any atom is -0.342 e. The van der Waals surface area contributed by atoms with Crippen LogP contribution in [0.15, 0.2) is 24.4 Å². The molecule has 2 saturated heterocycles. The minimum atomic E-state index is 0. The number of halogens is 1. The lowest BCUT2D eigenvalue weighted by Gasteiger charge is -2.34.